The molecular formula is C32H37F3N6O9S2. The zero-order valence-corrected chi connectivity index (χ0v) is 29.5. The third-order valence-corrected chi connectivity index (χ3v) is 12.5. The van der Waals surface area contributed by atoms with E-state index in [1.54, 1.807) is 6.07 Å². The highest BCUT2D eigenvalue weighted by atomic mass is 32.2. The van der Waals surface area contributed by atoms with Crippen LogP contribution in [-0.4, -0.2) is 97.2 Å². The molecule has 282 valence electrons. The smallest absolute Gasteiger partial charge is 0.481 e. The topological polar surface area (TPSA) is 204 Å². The number of halogens is 3. The number of carboxylic acids is 1. The van der Waals surface area contributed by atoms with Crippen molar-refractivity contribution in [3.63, 3.8) is 0 Å². The molecule has 3 unspecified atom stereocenters. The van der Waals surface area contributed by atoms with Crippen molar-refractivity contribution in [2.24, 2.45) is 5.92 Å². The highest BCUT2D eigenvalue weighted by Crippen LogP contribution is 2.45. The second-order valence-corrected chi connectivity index (χ2v) is 15.9. The van der Waals surface area contributed by atoms with E-state index in [0.717, 1.165) is 43.3 Å². The Morgan fingerprint density at radius 1 is 1.13 bits per heavy atom. The number of sulfonamides is 1. The number of alkyl halides is 3. The van der Waals surface area contributed by atoms with Crippen LogP contribution in [0.1, 0.15) is 56.9 Å². The van der Waals surface area contributed by atoms with Crippen LogP contribution < -0.4 is 20.1 Å². The number of rotatable bonds is 11. The van der Waals surface area contributed by atoms with Crippen molar-refractivity contribution in [3.05, 3.63) is 36.2 Å². The first kappa shape index (κ1) is 37.3. The van der Waals surface area contributed by atoms with Crippen molar-refractivity contribution in [1.82, 2.24) is 19.6 Å². The molecule has 0 bridgehead atoms. The summed E-state index contributed by atoms with van der Waals surface area (Å²) in [5, 5.41) is 10.4. The molecule has 1 saturated carbocycles. The molecular weight excluding hydrogens is 734 g/mol. The molecule has 3 aliphatic rings. The maximum absolute atomic E-state index is 14.1. The lowest BCUT2D eigenvalue weighted by molar-refractivity contribution is -0.275. The first-order valence-electron chi connectivity index (χ1n) is 16.6. The Balaban J connectivity index is 1.32. The zero-order chi connectivity index (χ0) is 37.4. The first-order chi connectivity index (χ1) is 24.6. The normalized spacial score (nSPS) is 23.2. The lowest BCUT2D eigenvalue weighted by Gasteiger charge is -2.43. The Morgan fingerprint density at radius 2 is 1.88 bits per heavy atom. The molecule has 3 fully saturated rings. The molecule has 1 aliphatic carbocycles. The van der Waals surface area contributed by atoms with Crippen molar-refractivity contribution in [2.45, 2.75) is 80.1 Å². The molecule has 0 radical (unpaired) electrons. The Kier molecular flexibility index (Phi) is 10.7. The summed E-state index contributed by atoms with van der Waals surface area (Å²) in [7, 11) is -4.20. The maximum Gasteiger partial charge on any atom is 0.573 e. The lowest BCUT2D eigenvalue weighted by Crippen LogP contribution is -2.53. The van der Waals surface area contributed by atoms with Gasteiger partial charge in [0.1, 0.15) is 30.3 Å². The third-order valence-electron chi connectivity index (χ3n) is 9.48. The van der Waals surface area contributed by atoms with E-state index in [4.69, 9.17) is 15.2 Å². The number of nitrogens with zero attached hydrogens (tertiary/aromatic N) is 4. The number of aliphatic carboxylic acids is 1. The van der Waals surface area contributed by atoms with Crippen molar-refractivity contribution in [2.75, 3.05) is 36.9 Å². The van der Waals surface area contributed by atoms with Gasteiger partial charge in [-0.15, -0.1) is 13.2 Å². The van der Waals surface area contributed by atoms with Crippen LogP contribution in [0.4, 0.5) is 28.9 Å². The summed E-state index contributed by atoms with van der Waals surface area (Å²) in [6.07, 6.45) is -2.15. The number of likely N-dealkylation sites (tertiary alicyclic amines) is 1. The van der Waals surface area contributed by atoms with E-state index in [1.165, 1.54) is 30.3 Å². The van der Waals surface area contributed by atoms with Crippen LogP contribution in [0, 0.1) is 5.92 Å². The number of nitrogens with two attached hydrogens (primary N) is 1. The number of carboxylic acid groups (broad SMARTS) is 1. The quantitative estimate of drug-likeness (QED) is 0.234. The standard InChI is InChI=1S/C32H37F3N6O9S2/c1-17(29(43)44)16-48-31(45)49-23-6-4-5-19(21-13-18-7-9-37-27(36)20(18)14-24(21)50-32(33,34)35)26(23)41-12-8-22(28(41)42)39-52(46,47)25-15-38-30(51-25)40-10-2-3-11-40/h7,9,13-15,17,19,22-23,26,39H,2-6,8,10-12,16H2,1H3,(H2,36,37)(H,43,44)/t17-,19?,22+,23?,26?/m1/s1. The number of carbonyl (C=O) groups is 3. The third kappa shape index (κ3) is 8.12. The first-order valence-corrected chi connectivity index (χ1v) is 18.9. The minimum absolute atomic E-state index is 0.0121. The molecule has 4 N–H and O–H groups in total. The Morgan fingerprint density at radius 3 is 2.60 bits per heavy atom. The van der Waals surface area contributed by atoms with Gasteiger partial charge in [-0.3, -0.25) is 9.59 Å². The van der Waals surface area contributed by atoms with E-state index in [-0.39, 0.29) is 46.8 Å². The number of thiazole rings is 1. The zero-order valence-electron chi connectivity index (χ0n) is 27.9. The van der Waals surface area contributed by atoms with Gasteiger partial charge in [0.25, 0.3) is 10.0 Å². The average Bonchev–Trinajstić information content (AvgIpc) is 3.86. The van der Waals surface area contributed by atoms with Gasteiger partial charge >= 0.3 is 18.5 Å². The van der Waals surface area contributed by atoms with Crippen LogP contribution in [0.5, 0.6) is 5.75 Å². The van der Waals surface area contributed by atoms with Gasteiger partial charge in [0.05, 0.1) is 18.2 Å². The van der Waals surface area contributed by atoms with E-state index >= 15 is 0 Å². The molecule has 6 rings (SSSR count). The lowest BCUT2D eigenvalue weighted by atomic mass is 9.76. The van der Waals surface area contributed by atoms with E-state index in [9.17, 15) is 41.1 Å². The number of amides is 1. The second-order valence-electron chi connectivity index (χ2n) is 13.0. The summed E-state index contributed by atoms with van der Waals surface area (Å²) < 4.78 is 85.9. The van der Waals surface area contributed by atoms with Gasteiger partial charge in [-0.2, -0.15) is 4.72 Å². The van der Waals surface area contributed by atoms with Crippen LogP contribution in [0.15, 0.2) is 34.8 Å². The molecule has 0 spiro atoms. The number of aromatic nitrogens is 2. The Labute approximate surface area is 300 Å². The van der Waals surface area contributed by atoms with Crippen LogP contribution in [0.25, 0.3) is 10.8 Å². The van der Waals surface area contributed by atoms with Crippen molar-refractivity contribution >= 4 is 61.1 Å². The molecule has 2 saturated heterocycles. The minimum atomic E-state index is -5.11. The summed E-state index contributed by atoms with van der Waals surface area (Å²) in [5.41, 5.74) is 6.03. The molecule has 4 heterocycles. The number of hydrogen-bond donors (Lipinski definition) is 3. The van der Waals surface area contributed by atoms with Gasteiger partial charge in [0.2, 0.25) is 5.91 Å². The number of anilines is 2. The fourth-order valence-electron chi connectivity index (χ4n) is 6.97. The number of benzene rings is 1. The number of hydrogen-bond acceptors (Lipinski definition) is 13. The molecule has 5 atom stereocenters. The minimum Gasteiger partial charge on any atom is -0.481 e. The summed E-state index contributed by atoms with van der Waals surface area (Å²) in [4.78, 5) is 49.7. The summed E-state index contributed by atoms with van der Waals surface area (Å²) in [6.45, 7) is 2.29. The van der Waals surface area contributed by atoms with Crippen LogP contribution in [0.2, 0.25) is 0 Å². The highest BCUT2D eigenvalue weighted by Gasteiger charge is 2.48. The molecule has 3 aromatic rings. The average molecular weight is 771 g/mol. The van der Waals surface area contributed by atoms with E-state index in [2.05, 4.69) is 19.4 Å². The van der Waals surface area contributed by atoms with E-state index < -0.39 is 76.8 Å². The molecule has 1 amide bonds. The largest absolute Gasteiger partial charge is 0.573 e. The number of fused-ring (bicyclic) bond motifs is 1. The van der Waals surface area contributed by atoms with Crippen LogP contribution in [0.3, 0.4) is 0 Å². The second kappa shape index (κ2) is 14.9. The van der Waals surface area contributed by atoms with Gasteiger partial charge in [-0.1, -0.05) is 11.3 Å². The van der Waals surface area contributed by atoms with Crippen LogP contribution in [-0.2, 0) is 29.1 Å². The van der Waals surface area contributed by atoms with E-state index in [0.29, 0.717) is 16.9 Å². The number of carbonyl (C=O) groups excluding carboxylic acids is 2. The number of nitrogen functional groups attached to an aromatic ring is 1. The monoisotopic (exact) mass is 770 g/mol. The number of nitrogens with one attached hydrogen (secondary N) is 1. The van der Waals surface area contributed by atoms with Gasteiger partial charge in [0.15, 0.2) is 9.34 Å². The summed E-state index contributed by atoms with van der Waals surface area (Å²) in [6, 6.07) is 1.81. The number of ether oxygens (including phenoxy) is 3. The van der Waals surface area contributed by atoms with E-state index in [1.807, 2.05) is 4.90 Å². The highest BCUT2D eigenvalue weighted by molar-refractivity contribution is 7.91. The summed E-state index contributed by atoms with van der Waals surface area (Å²) >= 11 is 0.984. The molecule has 1 aromatic carbocycles. The fraction of sp³-hybridized carbons (Fsp3) is 0.531. The molecule has 2 aliphatic heterocycles. The summed E-state index contributed by atoms with van der Waals surface area (Å²) in [5.74, 6) is -4.47. The predicted molar refractivity (Wildman–Crippen MR) is 180 cm³/mol. The molecule has 52 heavy (non-hydrogen) atoms. The maximum atomic E-state index is 14.1. The molecule has 15 nitrogen and oxygen atoms in total. The molecule has 2 aromatic heterocycles. The SMILES string of the molecule is C[C@H](COC(=O)OC1CCCC(c2cc3ccnc(N)c3cc2OC(F)(F)F)C1N1CC[C@H](NS(=O)(=O)c2cnc(N3CCCC3)s2)C1=O)C(=O)O. The Hall–Kier alpha value is -4.43. The van der Waals surface area contributed by atoms with Crippen LogP contribution >= 0.6 is 11.3 Å². The van der Waals surface area contributed by atoms with Crippen molar-refractivity contribution in [3.8, 4) is 5.75 Å². The molecule has 20 heteroatoms. The van der Waals surface area contributed by atoms with Gasteiger partial charge in [-0.25, -0.2) is 23.2 Å². The van der Waals surface area contributed by atoms with Crippen molar-refractivity contribution < 1.29 is 55.3 Å². The predicted octanol–water partition coefficient (Wildman–Crippen LogP) is 4.23. The van der Waals surface area contributed by atoms with Gasteiger partial charge in [0, 0.05) is 42.7 Å². The fourth-order valence-corrected chi connectivity index (χ4v) is 9.38. The van der Waals surface area contributed by atoms with Gasteiger partial charge in [-0.05, 0) is 69.0 Å². The number of pyridine rings is 1. The van der Waals surface area contributed by atoms with Gasteiger partial charge < -0.3 is 34.9 Å². The van der Waals surface area contributed by atoms with Crippen molar-refractivity contribution in [1.29, 1.82) is 0 Å². The Bertz CT molecular complexity index is 1940.